The highest BCUT2D eigenvalue weighted by molar-refractivity contribution is 7.87. The molecule has 2 fully saturated rings. The number of Topliss-reactive ketones (excluding diaryl/α,β-unsaturated/α-hetero) is 1. The molecule has 0 aromatic rings. The van der Waals surface area contributed by atoms with Crippen LogP contribution in [0.25, 0.3) is 0 Å². The molecule has 0 aromatic carbocycles. The lowest BCUT2D eigenvalue weighted by Crippen LogP contribution is -2.36. The van der Waals surface area contributed by atoms with Crippen LogP contribution >= 0.6 is 23.8 Å². The van der Waals surface area contributed by atoms with Crippen LogP contribution in [-0.4, -0.2) is 119 Å². The van der Waals surface area contributed by atoms with Gasteiger partial charge < -0.3 is 25.8 Å². The first kappa shape index (κ1) is 56.1. The number of hydroxylamine groups is 4. The first-order chi connectivity index (χ1) is 21.6. The van der Waals surface area contributed by atoms with Crippen molar-refractivity contribution in [3.63, 3.8) is 0 Å². The minimum absolute atomic E-state index is 0. The van der Waals surface area contributed by atoms with Crippen molar-refractivity contribution in [3.8, 4) is 0 Å². The number of aliphatic imine (C=N–C) groups is 1. The highest BCUT2D eigenvalue weighted by atomic mass is 35.5. The third-order valence-corrected chi connectivity index (χ3v) is 5.39. The molecule has 0 bridgehead atoms. The zero-order chi connectivity index (χ0) is 38.5. The van der Waals surface area contributed by atoms with Gasteiger partial charge in [-0.05, 0) is 26.2 Å². The predicted molar refractivity (Wildman–Crippen MR) is 173 cm³/mol. The summed E-state index contributed by atoms with van der Waals surface area (Å²) in [4.78, 5) is 105. The molecule has 0 aliphatic carbocycles. The number of aliphatic carboxylic acids is 1. The van der Waals surface area contributed by atoms with E-state index < -0.39 is 63.3 Å². The Hall–Kier alpha value is -4.21. The van der Waals surface area contributed by atoms with E-state index in [4.69, 9.17) is 26.1 Å². The topological polar surface area (TPSA) is 304 Å². The summed E-state index contributed by atoms with van der Waals surface area (Å²) in [5.74, 6) is -5.34. The van der Waals surface area contributed by atoms with Gasteiger partial charge in [0.15, 0.2) is 5.25 Å². The molecule has 20 nitrogen and oxygen atoms in total. The van der Waals surface area contributed by atoms with Crippen LogP contribution < -0.4 is 11.1 Å². The number of nitrogens with zero attached hydrogens (tertiary/aromatic N) is 3. The molecule has 23 heteroatoms. The van der Waals surface area contributed by atoms with Gasteiger partial charge >= 0.3 is 11.9 Å². The lowest BCUT2D eigenvalue weighted by molar-refractivity contribution is -0.195. The molecule has 48 heavy (non-hydrogen) atoms. The number of halogens is 1. The molecule has 2 aliphatic rings. The molecule has 278 valence electrons. The molecule has 2 aliphatic heterocycles. The van der Waals surface area contributed by atoms with Crippen molar-refractivity contribution in [3.05, 3.63) is 0 Å². The summed E-state index contributed by atoms with van der Waals surface area (Å²) in [6, 6.07) is 0. The number of carbonyl (C=O) groups is 9. The number of hydrogen-bond acceptors (Lipinski definition) is 16. The van der Waals surface area contributed by atoms with Gasteiger partial charge in [0.2, 0.25) is 5.91 Å². The van der Waals surface area contributed by atoms with Crippen LogP contribution in [0.3, 0.4) is 0 Å². The van der Waals surface area contributed by atoms with Gasteiger partial charge in [0, 0.05) is 54.1 Å². The molecule has 2 rings (SSSR count). The van der Waals surface area contributed by atoms with E-state index >= 15 is 0 Å². The summed E-state index contributed by atoms with van der Waals surface area (Å²) in [6.45, 7) is 6.44. The van der Waals surface area contributed by atoms with Gasteiger partial charge in [0.1, 0.15) is 5.78 Å². The second kappa shape index (κ2) is 32.7. The number of carboxylic acids is 1. The quantitative estimate of drug-likeness (QED) is 0.0949. The van der Waals surface area contributed by atoms with E-state index in [1.807, 2.05) is 6.92 Å². The van der Waals surface area contributed by atoms with Gasteiger partial charge in [-0.3, -0.25) is 38.1 Å². The number of nitrogens with one attached hydrogen (secondary N) is 1. The molecule has 2 saturated heterocycles. The number of rotatable bonds is 5. The summed E-state index contributed by atoms with van der Waals surface area (Å²) < 4.78 is 29.9. The zero-order valence-electron chi connectivity index (χ0n) is 26.9. The average molecular weight is 754 g/mol. The monoisotopic (exact) mass is 753 g/mol. The fraction of sp³-hybridized carbons (Fsp3) is 0.600. The number of ketones is 1. The van der Waals surface area contributed by atoms with Gasteiger partial charge in [-0.15, -0.1) is 21.7 Å². The van der Waals surface area contributed by atoms with Gasteiger partial charge in [-0.25, -0.2) is 14.6 Å². The molecular weight excluding hydrogens is 710 g/mol. The fourth-order valence-electron chi connectivity index (χ4n) is 2.00. The number of thiocarbonyl (C=S) groups is 1. The molecule has 0 saturated carbocycles. The minimum Gasteiger partial charge on any atom is -0.481 e. The highest BCUT2D eigenvalue weighted by Gasteiger charge is 2.48. The van der Waals surface area contributed by atoms with Crippen LogP contribution in [0.1, 0.15) is 67.7 Å². The molecule has 1 unspecified atom stereocenters. The molecule has 0 radical (unpaired) electrons. The van der Waals surface area contributed by atoms with Crippen LogP contribution in [-0.2, 0) is 62.9 Å². The third-order valence-electron chi connectivity index (χ3n) is 3.75. The maximum Gasteiger partial charge on any atom is 0.330 e. The molecular formula is C25H44ClN5O15S2. The Morgan fingerprint density at radius 3 is 1.50 bits per heavy atom. The molecule has 1 atom stereocenters. The van der Waals surface area contributed by atoms with Crippen LogP contribution in [0.2, 0.25) is 0 Å². The summed E-state index contributed by atoms with van der Waals surface area (Å²) in [5.41, 5.74) is 4.50. The van der Waals surface area contributed by atoms with E-state index in [1.165, 1.54) is 14.0 Å². The Labute approximate surface area is 289 Å². The third kappa shape index (κ3) is 33.2. The molecule has 0 aromatic heterocycles. The van der Waals surface area contributed by atoms with Crippen LogP contribution in [0.15, 0.2) is 4.99 Å². The largest absolute Gasteiger partial charge is 0.481 e. The number of imide groups is 2. The maximum absolute atomic E-state index is 11.2. The van der Waals surface area contributed by atoms with Gasteiger partial charge in [0.25, 0.3) is 39.7 Å². The van der Waals surface area contributed by atoms with E-state index in [0.29, 0.717) is 11.5 Å². The summed E-state index contributed by atoms with van der Waals surface area (Å²) in [5, 5.41) is 10.7. The smallest absolute Gasteiger partial charge is 0.330 e. The summed E-state index contributed by atoms with van der Waals surface area (Å²) >= 11 is 9.12. The second-order valence-electron chi connectivity index (χ2n) is 7.68. The number of carbonyl (C=O) groups excluding carboxylic acids is 8. The first-order valence-corrected chi connectivity index (χ1v) is 15.1. The van der Waals surface area contributed by atoms with Gasteiger partial charge in [0.05, 0.1) is 17.5 Å². The van der Waals surface area contributed by atoms with Crippen molar-refractivity contribution in [2.24, 2.45) is 10.7 Å². The Kier molecular flexibility index (Phi) is 38.3. The van der Waals surface area contributed by atoms with E-state index in [9.17, 15) is 46.8 Å². The second-order valence-corrected chi connectivity index (χ2v) is 9.73. The minimum atomic E-state index is -4.66. The van der Waals surface area contributed by atoms with Crippen LogP contribution in [0.5, 0.6) is 0 Å². The van der Waals surface area contributed by atoms with Crippen molar-refractivity contribution in [2.75, 3.05) is 27.0 Å². The average Bonchev–Trinajstić information content (AvgIpc) is 3.45. The fourth-order valence-corrected chi connectivity index (χ4v) is 2.71. The number of carboxylic acid groups (broad SMARTS) is 1. The SMILES string of the molecule is C.CC(=O)CCl.CC(=O)O.CC(=O)ON1C(=O)CC(S(=O)(=O)O)C1=O.CC(=O)ON1C(=O)CCC1=O.CCC(=O)NC.CN.CN=C=S. The lowest BCUT2D eigenvalue weighted by atomic mass is 10.4. The molecule has 5 amide bonds. The molecule has 0 spiro atoms. The Morgan fingerprint density at radius 1 is 0.979 bits per heavy atom. The van der Waals surface area contributed by atoms with Crippen molar-refractivity contribution in [1.29, 1.82) is 0 Å². The zero-order valence-corrected chi connectivity index (χ0v) is 29.3. The van der Waals surface area contributed by atoms with E-state index in [1.54, 1.807) is 14.1 Å². The van der Waals surface area contributed by atoms with E-state index in [0.717, 1.165) is 20.8 Å². The molecule has 5 N–H and O–H groups in total. The van der Waals surface area contributed by atoms with Crippen molar-refractivity contribution < 1.29 is 70.9 Å². The number of nitrogens with two attached hydrogens (primary N) is 1. The van der Waals surface area contributed by atoms with Gasteiger partial charge in [-0.1, -0.05) is 14.4 Å². The summed E-state index contributed by atoms with van der Waals surface area (Å²) in [6.07, 6.45) is 0.111. The Morgan fingerprint density at radius 2 is 1.31 bits per heavy atom. The number of amides is 5. The normalized spacial score (nSPS) is 13.6. The van der Waals surface area contributed by atoms with E-state index in [2.05, 4.69) is 43.1 Å². The Bertz CT molecular complexity index is 1210. The lowest BCUT2D eigenvalue weighted by Gasteiger charge is -2.10. The van der Waals surface area contributed by atoms with E-state index in [-0.39, 0.29) is 42.9 Å². The molecule has 2 heterocycles. The number of hydrogen-bond donors (Lipinski definition) is 4. The van der Waals surface area contributed by atoms with Gasteiger partial charge in [-0.2, -0.15) is 8.42 Å². The summed E-state index contributed by atoms with van der Waals surface area (Å²) in [7, 11) is 0.0644. The predicted octanol–water partition coefficient (Wildman–Crippen LogP) is 0.0708. The van der Waals surface area contributed by atoms with Crippen LogP contribution in [0, 0.1) is 0 Å². The Balaban J connectivity index is -0.000000118. The van der Waals surface area contributed by atoms with Crippen molar-refractivity contribution in [2.45, 2.75) is 73.0 Å². The van der Waals surface area contributed by atoms with Crippen molar-refractivity contribution in [1.82, 2.24) is 15.4 Å². The standard InChI is InChI=1S/C6H7NO7S.C6H7NO4.C4H9NO.C3H5ClO.C2H3NS.C2H4O2.CH5N.CH4/c1-3(8)14-7-5(9)2-4(6(7)10)15(11,12)13;1-4(8)11-7-5(9)2-3-6(7)10;1-3-4(6)5-2;1-3(5)2-4;1-3-2-4;1-2(3)4;1-2;/h4H,2H2,1H3,(H,11,12,13);2-3H2,1H3;3H2,1-2H3,(H,5,6);2H2,1H3;1H3;1H3,(H,3,4);2H2,1H3;1H4. The first-order valence-electron chi connectivity index (χ1n) is 12.6. The van der Waals surface area contributed by atoms with Crippen LogP contribution in [0.4, 0.5) is 0 Å². The number of alkyl halides is 1. The van der Waals surface area contributed by atoms with Crippen molar-refractivity contribution >= 4 is 92.3 Å². The maximum atomic E-state index is 11.2. The number of isothiocyanates is 1. The highest BCUT2D eigenvalue weighted by Crippen LogP contribution is 2.19.